The summed E-state index contributed by atoms with van der Waals surface area (Å²) in [7, 11) is 3.02. The molecule has 0 unspecified atom stereocenters. The van der Waals surface area contributed by atoms with Gasteiger partial charge in [0.1, 0.15) is 17.3 Å². The number of aromatic nitrogens is 1. The number of fused-ring (bicyclic) bond motifs is 1. The molecular formula is C17H18FIN4OS2. The number of aryl methyl sites for hydroxylation is 1. The minimum Gasteiger partial charge on any atom is -0.393 e. The summed E-state index contributed by atoms with van der Waals surface area (Å²) in [6.07, 6.45) is 1.91. The first-order valence-electron chi connectivity index (χ1n) is 7.78. The fraction of sp³-hybridized carbons (Fsp3) is 0.294. The molecule has 2 rings (SSSR count). The molecule has 2 N–H and O–H groups in total. The highest BCUT2D eigenvalue weighted by Gasteiger charge is 2.20. The molecule has 0 aliphatic rings. The van der Waals surface area contributed by atoms with Crippen LogP contribution in [0, 0.1) is 18.3 Å². The maximum Gasteiger partial charge on any atom is 0.222 e. The Kier molecular flexibility index (Phi) is 8.12. The molecule has 1 heterocycles. The van der Waals surface area contributed by atoms with Crippen molar-refractivity contribution >= 4 is 64.6 Å². The second-order valence-electron chi connectivity index (χ2n) is 5.40. The zero-order chi connectivity index (χ0) is 19.1. The van der Waals surface area contributed by atoms with E-state index in [1.54, 1.807) is 13.1 Å². The van der Waals surface area contributed by atoms with Crippen molar-refractivity contribution < 1.29 is 9.18 Å². The number of allylic oxidation sites excluding steroid dienone is 1. The number of carbonyl (C=O) groups is 1. The number of alkyl halides is 1. The van der Waals surface area contributed by atoms with Crippen LogP contribution in [0.5, 0.6) is 0 Å². The van der Waals surface area contributed by atoms with Gasteiger partial charge in [-0.05, 0) is 37.1 Å². The maximum atomic E-state index is 12.7. The molecule has 1 aromatic heterocycles. The highest BCUT2D eigenvalue weighted by atomic mass is 127. The highest BCUT2D eigenvalue weighted by molar-refractivity contribution is 14.2. The number of benzene rings is 1. The van der Waals surface area contributed by atoms with Gasteiger partial charge in [0.15, 0.2) is 0 Å². The summed E-state index contributed by atoms with van der Waals surface area (Å²) in [6.45, 7) is 1.66. The monoisotopic (exact) mass is 504 g/mol. The van der Waals surface area contributed by atoms with Crippen molar-refractivity contribution in [1.82, 2.24) is 9.29 Å². The summed E-state index contributed by atoms with van der Waals surface area (Å²) < 4.78 is 17.3. The van der Waals surface area contributed by atoms with Crippen molar-refractivity contribution in [1.29, 1.82) is 5.26 Å². The average molecular weight is 504 g/mol. The predicted octanol–water partition coefficient (Wildman–Crippen LogP) is 5.03. The SMILES string of the molecule is CN/C=C(\C#N)C(=O)c1cc2cc(C)c(NSCCCF)cc2n1SI. The van der Waals surface area contributed by atoms with Gasteiger partial charge in [0, 0.05) is 60.4 Å². The van der Waals surface area contributed by atoms with Gasteiger partial charge in [-0.2, -0.15) is 5.26 Å². The first-order valence-corrected chi connectivity index (χ1v) is 12.1. The van der Waals surface area contributed by atoms with E-state index in [9.17, 15) is 14.4 Å². The molecule has 0 saturated carbocycles. The Morgan fingerprint density at radius 3 is 2.85 bits per heavy atom. The van der Waals surface area contributed by atoms with Gasteiger partial charge in [-0.25, -0.2) is 0 Å². The van der Waals surface area contributed by atoms with E-state index in [0.717, 1.165) is 22.2 Å². The van der Waals surface area contributed by atoms with Crippen LogP contribution in [0.4, 0.5) is 10.1 Å². The van der Waals surface area contributed by atoms with Crippen LogP contribution in [-0.4, -0.2) is 29.2 Å². The van der Waals surface area contributed by atoms with Crippen molar-refractivity contribution in [2.75, 3.05) is 24.2 Å². The van der Waals surface area contributed by atoms with Crippen molar-refractivity contribution in [2.24, 2.45) is 0 Å². The van der Waals surface area contributed by atoms with Gasteiger partial charge in [-0.3, -0.25) is 13.2 Å². The standard InChI is InChI=1S/C17H18FIN4OS2/c1-11-6-12-7-16(17(24)13(9-20)10-21-2)23(26-19)15(12)8-14(11)22-25-5-3-4-18/h6-8,10,21-22H,3-5H2,1-2H3/b13-10+. The summed E-state index contributed by atoms with van der Waals surface area (Å²) in [6, 6.07) is 7.72. The summed E-state index contributed by atoms with van der Waals surface area (Å²) in [5.41, 5.74) is 3.35. The number of nitrogens with one attached hydrogen (secondary N) is 2. The quantitative estimate of drug-likeness (QED) is 0.125. The van der Waals surface area contributed by atoms with E-state index in [1.807, 2.05) is 29.1 Å². The van der Waals surface area contributed by atoms with Crippen LogP contribution in [0.15, 0.2) is 30.0 Å². The maximum absolute atomic E-state index is 12.7. The summed E-state index contributed by atoms with van der Waals surface area (Å²) in [4.78, 5) is 12.7. The minimum atomic E-state index is -0.327. The Morgan fingerprint density at radius 2 is 2.23 bits per heavy atom. The second-order valence-corrected chi connectivity index (χ2v) is 7.99. The van der Waals surface area contributed by atoms with Gasteiger partial charge < -0.3 is 10.0 Å². The van der Waals surface area contributed by atoms with E-state index in [0.29, 0.717) is 17.9 Å². The average Bonchev–Trinajstić information content (AvgIpc) is 2.99. The van der Waals surface area contributed by atoms with Gasteiger partial charge in [0.05, 0.1) is 12.2 Å². The lowest BCUT2D eigenvalue weighted by Crippen LogP contribution is -2.09. The normalized spacial score (nSPS) is 11.4. The first kappa shape index (κ1) is 20.9. The van der Waals surface area contributed by atoms with E-state index in [2.05, 4.69) is 31.2 Å². The van der Waals surface area contributed by atoms with Crippen molar-refractivity contribution in [3.63, 3.8) is 0 Å². The second kappa shape index (κ2) is 10.1. The third-order valence-electron chi connectivity index (χ3n) is 3.62. The van der Waals surface area contributed by atoms with Gasteiger partial charge in [-0.1, -0.05) is 11.9 Å². The number of hydrogen-bond acceptors (Lipinski definition) is 6. The number of ketones is 1. The number of halogens is 2. The van der Waals surface area contributed by atoms with Crippen LogP contribution in [0.2, 0.25) is 0 Å². The molecule has 1 aromatic carbocycles. The number of nitrogens with zero attached hydrogens (tertiary/aromatic N) is 2. The number of Topliss-reactive ketones (excluding diaryl/α,β-unsaturated/α-hetero) is 1. The molecular weight excluding hydrogens is 486 g/mol. The molecule has 138 valence electrons. The molecule has 0 aliphatic carbocycles. The van der Waals surface area contributed by atoms with Crippen LogP contribution in [0.25, 0.3) is 10.9 Å². The number of rotatable bonds is 9. The number of carbonyl (C=O) groups excluding carboxylic acids is 1. The third kappa shape index (κ3) is 4.66. The Labute approximate surface area is 172 Å². The third-order valence-corrected chi connectivity index (χ3v) is 6.19. The lowest BCUT2D eigenvalue weighted by molar-refractivity contribution is 0.103. The van der Waals surface area contributed by atoms with E-state index in [-0.39, 0.29) is 18.0 Å². The Balaban J connectivity index is 2.44. The van der Waals surface area contributed by atoms with Crippen molar-refractivity contribution in [2.45, 2.75) is 13.3 Å². The first-order chi connectivity index (χ1) is 12.6. The zero-order valence-electron chi connectivity index (χ0n) is 14.3. The number of hydrogen-bond donors (Lipinski definition) is 2. The molecule has 0 fully saturated rings. The highest BCUT2D eigenvalue weighted by Crippen LogP contribution is 2.33. The molecule has 0 radical (unpaired) electrons. The lowest BCUT2D eigenvalue weighted by Gasteiger charge is -2.10. The Bertz CT molecular complexity index is 876. The Morgan fingerprint density at radius 1 is 1.46 bits per heavy atom. The van der Waals surface area contributed by atoms with E-state index >= 15 is 0 Å². The number of anilines is 1. The van der Waals surface area contributed by atoms with Crippen LogP contribution < -0.4 is 10.0 Å². The molecule has 9 heteroatoms. The van der Waals surface area contributed by atoms with Gasteiger partial charge in [-0.15, -0.1) is 0 Å². The van der Waals surface area contributed by atoms with Gasteiger partial charge >= 0.3 is 0 Å². The molecule has 0 spiro atoms. The topological polar surface area (TPSA) is 69.8 Å². The van der Waals surface area contributed by atoms with Crippen LogP contribution in [0.1, 0.15) is 22.5 Å². The van der Waals surface area contributed by atoms with Gasteiger partial charge in [0.25, 0.3) is 0 Å². The predicted molar refractivity (Wildman–Crippen MR) is 117 cm³/mol. The van der Waals surface area contributed by atoms with Crippen LogP contribution in [-0.2, 0) is 0 Å². The van der Waals surface area contributed by atoms with E-state index in [4.69, 9.17) is 0 Å². The molecule has 26 heavy (non-hydrogen) atoms. The Hall–Kier alpha value is -1.38. The largest absolute Gasteiger partial charge is 0.393 e. The van der Waals surface area contributed by atoms with Crippen LogP contribution in [0.3, 0.4) is 0 Å². The molecule has 5 nitrogen and oxygen atoms in total. The fourth-order valence-corrected chi connectivity index (χ4v) is 4.82. The minimum absolute atomic E-state index is 0.0545. The van der Waals surface area contributed by atoms with Crippen molar-refractivity contribution in [3.05, 3.63) is 41.2 Å². The zero-order valence-corrected chi connectivity index (χ0v) is 18.1. The molecule has 2 aromatic rings. The van der Waals surface area contributed by atoms with Crippen LogP contribution >= 0.6 is 42.3 Å². The van der Waals surface area contributed by atoms with Crippen molar-refractivity contribution in [3.8, 4) is 6.07 Å². The lowest BCUT2D eigenvalue weighted by atomic mass is 10.1. The summed E-state index contributed by atoms with van der Waals surface area (Å²) in [5, 5.41) is 12.9. The molecule has 0 atom stereocenters. The molecule has 0 aliphatic heterocycles. The number of nitriles is 1. The fourth-order valence-electron chi connectivity index (χ4n) is 2.37. The summed E-state index contributed by atoms with van der Waals surface area (Å²) in [5.74, 6) is 0.354. The summed E-state index contributed by atoms with van der Waals surface area (Å²) >= 11 is 3.58. The van der Waals surface area contributed by atoms with E-state index in [1.165, 1.54) is 27.3 Å². The molecule has 0 amide bonds. The van der Waals surface area contributed by atoms with Gasteiger partial charge in [0.2, 0.25) is 5.78 Å². The smallest absolute Gasteiger partial charge is 0.222 e. The molecule has 0 saturated heterocycles. The molecule has 0 bridgehead atoms. The van der Waals surface area contributed by atoms with E-state index < -0.39 is 0 Å².